The molecule has 4 rings (SSSR count). The van der Waals surface area contributed by atoms with Gasteiger partial charge in [0.15, 0.2) is 0 Å². The number of nitrogens with zero attached hydrogens (tertiary/aromatic N) is 2. The first kappa shape index (κ1) is 21.0. The summed E-state index contributed by atoms with van der Waals surface area (Å²) in [5, 5.41) is 0. The van der Waals surface area contributed by atoms with Gasteiger partial charge in [-0.3, -0.25) is 4.57 Å². The van der Waals surface area contributed by atoms with Crippen molar-refractivity contribution in [2.45, 2.75) is 44.1 Å². The van der Waals surface area contributed by atoms with E-state index < -0.39 is 6.36 Å². The molecule has 0 radical (unpaired) electrons. The van der Waals surface area contributed by atoms with E-state index in [4.69, 9.17) is 4.74 Å². The number of rotatable bonds is 3. The summed E-state index contributed by atoms with van der Waals surface area (Å²) in [6.07, 6.45) is -1.14. The number of alkyl halides is 3. The number of piperidine rings is 1. The summed E-state index contributed by atoms with van der Waals surface area (Å²) < 4.78 is 48.5. The molecule has 2 aliphatic rings. The monoisotopic (exact) mass is 421 g/mol. The number of hydrogen-bond acceptors (Lipinski definition) is 4. The van der Waals surface area contributed by atoms with Crippen molar-refractivity contribution >= 4 is 23.4 Å². The fraction of sp³-hybridized carbons (Fsp3) is 0.611. The number of hydrogen-bond donors (Lipinski definition) is 1. The fourth-order valence-corrected chi connectivity index (χ4v) is 4.22. The van der Waals surface area contributed by atoms with Crippen molar-refractivity contribution in [1.29, 1.82) is 0 Å². The van der Waals surface area contributed by atoms with Gasteiger partial charge in [-0.05, 0) is 37.8 Å². The zero-order chi connectivity index (χ0) is 19.0. The lowest BCUT2D eigenvalue weighted by molar-refractivity contribution is -0.274. The number of aromatic nitrogens is 2. The van der Waals surface area contributed by atoms with Gasteiger partial charge in [0.05, 0.1) is 11.0 Å². The van der Waals surface area contributed by atoms with Crippen LogP contribution < -0.4 is 10.4 Å². The number of fused-ring (bicyclic) bond motifs is 1. The van der Waals surface area contributed by atoms with Crippen molar-refractivity contribution in [2.75, 3.05) is 26.3 Å². The highest BCUT2D eigenvalue weighted by atomic mass is 35.5. The molecule has 3 heterocycles. The Labute approximate surface area is 166 Å². The third-order valence-electron chi connectivity index (χ3n) is 5.49. The van der Waals surface area contributed by atoms with Gasteiger partial charge in [0, 0.05) is 44.5 Å². The van der Waals surface area contributed by atoms with Gasteiger partial charge in [-0.2, -0.15) is 0 Å². The molecule has 0 unspecified atom stereocenters. The standard InChI is InChI=1S/C18H22F3N3O3.ClH/c19-18(20,21)27-14-1-2-15-16(11-14)24(17(25)22-15)13-3-7-23(8-4-13)12-5-9-26-10-6-12;/h1-2,11-13H,3-10H2,(H,22,25);1H. The molecule has 0 aliphatic carbocycles. The third kappa shape index (κ3) is 4.47. The Kier molecular flexibility index (Phi) is 6.26. The minimum absolute atomic E-state index is 0. The Balaban J connectivity index is 0.00000225. The van der Waals surface area contributed by atoms with E-state index in [0.29, 0.717) is 17.1 Å². The number of benzene rings is 1. The summed E-state index contributed by atoms with van der Waals surface area (Å²) in [6.45, 7) is 3.31. The van der Waals surface area contributed by atoms with E-state index >= 15 is 0 Å². The van der Waals surface area contributed by atoms with Gasteiger partial charge in [-0.1, -0.05) is 0 Å². The molecule has 2 fully saturated rings. The minimum atomic E-state index is -4.76. The molecule has 2 aliphatic heterocycles. The van der Waals surface area contributed by atoms with Crippen LogP contribution >= 0.6 is 12.4 Å². The summed E-state index contributed by atoms with van der Waals surface area (Å²) in [7, 11) is 0. The number of H-pyrrole nitrogens is 1. The molecule has 156 valence electrons. The Bertz CT molecular complexity index is 853. The predicted molar refractivity (Wildman–Crippen MR) is 100 cm³/mol. The zero-order valence-electron chi connectivity index (χ0n) is 15.2. The maximum Gasteiger partial charge on any atom is 0.573 e. The first-order chi connectivity index (χ1) is 12.9. The van der Waals surface area contributed by atoms with Gasteiger partial charge in [-0.25, -0.2) is 4.79 Å². The highest BCUT2D eigenvalue weighted by Crippen LogP contribution is 2.30. The lowest BCUT2D eigenvalue weighted by Crippen LogP contribution is -2.45. The average molecular weight is 422 g/mol. The molecule has 1 N–H and O–H groups in total. The smallest absolute Gasteiger partial charge is 0.406 e. The first-order valence-corrected chi connectivity index (χ1v) is 9.22. The number of imidazole rings is 1. The molecule has 0 amide bonds. The van der Waals surface area contributed by atoms with Crippen LogP contribution in [0.15, 0.2) is 23.0 Å². The van der Waals surface area contributed by atoms with Crippen LogP contribution in [0.2, 0.25) is 0 Å². The van der Waals surface area contributed by atoms with Gasteiger partial charge in [0.25, 0.3) is 0 Å². The minimum Gasteiger partial charge on any atom is -0.406 e. The van der Waals surface area contributed by atoms with Crippen LogP contribution in [0.4, 0.5) is 13.2 Å². The second-order valence-corrected chi connectivity index (χ2v) is 7.14. The maximum absolute atomic E-state index is 12.5. The molecule has 1 aromatic carbocycles. The number of aromatic amines is 1. The van der Waals surface area contributed by atoms with Crippen molar-refractivity contribution < 1.29 is 22.6 Å². The van der Waals surface area contributed by atoms with Gasteiger partial charge in [-0.15, -0.1) is 25.6 Å². The molecule has 0 bridgehead atoms. The van der Waals surface area contributed by atoms with Crippen LogP contribution in [0.1, 0.15) is 31.7 Å². The molecule has 0 atom stereocenters. The summed E-state index contributed by atoms with van der Waals surface area (Å²) in [5.74, 6) is -0.317. The van der Waals surface area contributed by atoms with E-state index in [1.54, 1.807) is 4.57 Å². The second kappa shape index (κ2) is 8.34. The highest BCUT2D eigenvalue weighted by Gasteiger charge is 2.32. The number of likely N-dealkylation sites (tertiary alicyclic amines) is 1. The van der Waals surface area contributed by atoms with Crippen LogP contribution in [-0.4, -0.2) is 53.2 Å². The van der Waals surface area contributed by atoms with Crippen molar-refractivity contribution in [1.82, 2.24) is 14.5 Å². The van der Waals surface area contributed by atoms with E-state index in [1.807, 2.05) is 0 Å². The van der Waals surface area contributed by atoms with E-state index in [-0.39, 0.29) is 29.9 Å². The Morgan fingerprint density at radius 3 is 2.39 bits per heavy atom. The molecular formula is C18H23ClF3N3O3. The summed E-state index contributed by atoms with van der Waals surface area (Å²) in [6, 6.07) is 4.43. The quantitative estimate of drug-likeness (QED) is 0.824. The van der Waals surface area contributed by atoms with Gasteiger partial charge in [0.1, 0.15) is 5.75 Å². The summed E-state index contributed by atoms with van der Waals surface area (Å²) in [4.78, 5) is 17.6. The molecule has 6 nitrogen and oxygen atoms in total. The van der Waals surface area contributed by atoms with Gasteiger partial charge >= 0.3 is 12.1 Å². The van der Waals surface area contributed by atoms with Crippen molar-refractivity contribution in [2.24, 2.45) is 0 Å². The highest BCUT2D eigenvalue weighted by molar-refractivity contribution is 5.85. The van der Waals surface area contributed by atoms with Crippen LogP contribution in [0.25, 0.3) is 11.0 Å². The predicted octanol–water partition coefficient (Wildman–Crippen LogP) is 3.47. The van der Waals surface area contributed by atoms with E-state index in [0.717, 1.165) is 52.0 Å². The summed E-state index contributed by atoms with van der Waals surface area (Å²) >= 11 is 0. The Hall–Kier alpha value is -1.71. The van der Waals surface area contributed by atoms with Gasteiger partial charge < -0.3 is 19.4 Å². The first-order valence-electron chi connectivity index (χ1n) is 9.22. The SMILES string of the molecule is Cl.O=c1[nH]c2ccc(OC(F)(F)F)cc2n1C1CCN(C2CCOCC2)CC1. The second-order valence-electron chi connectivity index (χ2n) is 7.14. The largest absolute Gasteiger partial charge is 0.573 e. The molecule has 1 aromatic heterocycles. The number of nitrogens with one attached hydrogen (secondary N) is 1. The molecular weight excluding hydrogens is 399 g/mol. The average Bonchev–Trinajstić information content (AvgIpc) is 2.96. The molecule has 2 saturated heterocycles. The molecule has 10 heteroatoms. The van der Waals surface area contributed by atoms with E-state index in [2.05, 4.69) is 14.6 Å². The summed E-state index contributed by atoms with van der Waals surface area (Å²) in [5.41, 5.74) is 0.673. The van der Waals surface area contributed by atoms with Crippen molar-refractivity contribution in [3.05, 3.63) is 28.7 Å². The van der Waals surface area contributed by atoms with Crippen LogP contribution in [0.5, 0.6) is 5.75 Å². The van der Waals surface area contributed by atoms with E-state index in [9.17, 15) is 18.0 Å². The molecule has 2 aromatic rings. The zero-order valence-corrected chi connectivity index (χ0v) is 16.0. The maximum atomic E-state index is 12.5. The lowest BCUT2D eigenvalue weighted by Gasteiger charge is -2.39. The molecule has 28 heavy (non-hydrogen) atoms. The van der Waals surface area contributed by atoms with Crippen molar-refractivity contribution in [3.63, 3.8) is 0 Å². The van der Waals surface area contributed by atoms with Crippen LogP contribution in [0, 0.1) is 0 Å². The fourth-order valence-electron chi connectivity index (χ4n) is 4.22. The Morgan fingerprint density at radius 1 is 1.07 bits per heavy atom. The third-order valence-corrected chi connectivity index (χ3v) is 5.49. The molecule has 0 saturated carbocycles. The topological polar surface area (TPSA) is 59.5 Å². The number of halogens is 4. The normalized spacial score (nSPS) is 20.2. The van der Waals surface area contributed by atoms with E-state index in [1.165, 1.54) is 18.2 Å². The van der Waals surface area contributed by atoms with Gasteiger partial charge in [0.2, 0.25) is 0 Å². The van der Waals surface area contributed by atoms with Crippen LogP contribution in [-0.2, 0) is 4.74 Å². The lowest BCUT2D eigenvalue weighted by atomic mass is 9.99. The number of ether oxygens (including phenoxy) is 2. The van der Waals surface area contributed by atoms with Crippen molar-refractivity contribution in [3.8, 4) is 5.75 Å². The van der Waals surface area contributed by atoms with Crippen LogP contribution in [0.3, 0.4) is 0 Å². The molecule has 0 spiro atoms. The Morgan fingerprint density at radius 2 is 1.75 bits per heavy atom.